The number of carboxylic acid groups (broad SMARTS) is 1. The average Bonchev–Trinajstić information content (AvgIpc) is 3.06. The van der Waals surface area contributed by atoms with Gasteiger partial charge in [-0.1, -0.05) is 0 Å². The SMILES string of the molecule is COc1c(C2(C(=O)O)CC2)cc(F)c(Br)c1F. The Morgan fingerprint density at radius 1 is 1.53 bits per heavy atom. The Hall–Kier alpha value is -1.17. The van der Waals surface area contributed by atoms with Gasteiger partial charge in [0.25, 0.3) is 0 Å². The molecule has 2 rings (SSSR count). The van der Waals surface area contributed by atoms with Gasteiger partial charge in [0.1, 0.15) is 5.82 Å². The zero-order valence-corrected chi connectivity index (χ0v) is 10.5. The number of aliphatic carboxylic acids is 1. The summed E-state index contributed by atoms with van der Waals surface area (Å²) >= 11 is 2.75. The number of hydrogen-bond acceptors (Lipinski definition) is 2. The predicted octanol–water partition coefficient (Wildman–Crippen LogP) is 2.85. The monoisotopic (exact) mass is 306 g/mol. The zero-order chi connectivity index (χ0) is 12.8. The van der Waals surface area contributed by atoms with Crippen molar-refractivity contribution in [1.82, 2.24) is 0 Å². The number of ether oxygens (including phenoxy) is 1. The highest BCUT2D eigenvalue weighted by molar-refractivity contribution is 9.10. The van der Waals surface area contributed by atoms with Crippen LogP contribution >= 0.6 is 15.9 Å². The molecule has 17 heavy (non-hydrogen) atoms. The van der Waals surface area contributed by atoms with E-state index in [1.807, 2.05) is 0 Å². The van der Waals surface area contributed by atoms with E-state index in [4.69, 9.17) is 9.84 Å². The third-order valence-electron chi connectivity index (χ3n) is 3.00. The van der Waals surface area contributed by atoms with Crippen molar-refractivity contribution in [2.45, 2.75) is 18.3 Å². The number of carboxylic acids is 1. The van der Waals surface area contributed by atoms with Gasteiger partial charge in [-0.15, -0.1) is 0 Å². The first-order valence-electron chi connectivity index (χ1n) is 4.89. The maximum Gasteiger partial charge on any atom is 0.314 e. The molecule has 0 atom stereocenters. The number of benzene rings is 1. The van der Waals surface area contributed by atoms with Crippen molar-refractivity contribution in [3.05, 3.63) is 27.7 Å². The van der Waals surface area contributed by atoms with Gasteiger partial charge in [0, 0.05) is 5.56 Å². The highest BCUT2D eigenvalue weighted by atomic mass is 79.9. The van der Waals surface area contributed by atoms with Crippen molar-refractivity contribution in [3.8, 4) is 5.75 Å². The summed E-state index contributed by atoms with van der Waals surface area (Å²) < 4.78 is 31.7. The number of hydrogen-bond donors (Lipinski definition) is 1. The first-order chi connectivity index (χ1) is 7.94. The molecule has 3 nitrogen and oxygen atoms in total. The Morgan fingerprint density at radius 3 is 2.53 bits per heavy atom. The van der Waals surface area contributed by atoms with Crippen LogP contribution in [-0.2, 0) is 10.2 Å². The molecule has 1 aromatic carbocycles. The maximum atomic E-state index is 13.7. The van der Waals surface area contributed by atoms with E-state index in [0.29, 0.717) is 12.8 Å². The molecule has 6 heteroatoms. The van der Waals surface area contributed by atoms with E-state index >= 15 is 0 Å². The molecule has 1 saturated carbocycles. The van der Waals surface area contributed by atoms with Crippen LogP contribution in [-0.4, -0.2) is 18.2 Å². The first kappa shape index (κ1) is 12.3. The van der Waals surface area contributed by atoms with Gasteiger partial charge < -0.3 is 9.84 Å². The van der Waals surface area contributed by atoms with Crippen LogP contribution in [0.4, 0.5) is 8.78 Å². The van der Waals surface area contributed by atoms with Crippen molar-refractivity contribution < 1.29 is 23.4 Å². The predicted molar refractivity (Wildman–Crippen MR) is 59.2 cm³/mol. The van der Waals surface area contributed by atoms with Gasteiger partial charge >= 0.3 is 5.97 Å². The summed E-state index contributed by atoms with van der Waals surface area (Å²) in [5.74, 6) is -3.03. The lowest BCUT2D eigenvalue weighted by atomic mass is 9.95. The standard InChI is InChI=1S/C11H9BrF2O3/c1-17-9-5(11(2-3-11)10(15)16)4-6(13)7(12)8(9)14/h4H,2-3H2,1H3,(H,15,16). The highest BCUT2D eigenvalue weighted by Gasteiger charge is 2.54. The molecule has 0 aliphatic heterocycles. The van der Waals surface area contributed by atoms with Gasteiger partial charge in [0.2, 0.25) is 0 Å². The lowest BCUT2D eigenvalue weighted by molar-refractivity contribution is -0.140. The van der Waals surface area contributed by atoms with Gasteiger partial charge in [-0.05, 0) is 34.8 Å². The molecule has 92 valence electrons. The van der Waals surface area contributed by atoms with Gasteiger partial charge in [-0.25, -0.2) is 8.78 Å². The molecule has 0 unspecified atom stereocenters. The van der Waals surface area contributed by atoms with Gasteiger partial charge in [-0.2, -0.15) is 0 Å². The van der Waals surface area contributed by atoms with Crippen LogP contribution in [0.15, 0.2) is 10.5 Å². The van der Waals surface area contributed by atoms with Crippen LogP contribution < -0.4 is 4.74 Å². The molecule has 0 aromatic heterocycles. The van der Waals surface area contributed by atoms with E-state index in [2.05, 4.69) is 15.9 Å². The Labute approximate surface area is 105 Å². The Balaban J connectivity index is 2.66. The molecule has 0 spiro atoms. The molecule has 0 heterocycles. The minimum Gasteiger partial charge on any atom is -0.493 e. The fourth-order valence-corrected chi connectivity index (χ4v) is 2.15. The molecule has 0 saturated heterocycles. The molecule has 0 bridgehead atoms. The first-order valence-corrected chi connectivity index (χ1v) is 5.68. The molecule has 0 amide bonds. The second-order valence-corrected chi connectivity index (χ2v) is 4.75. The largest absolute Gasteiger partial charge is 0.493 e. The quantitative estimate of drug-likeness (QED) is 0.874. The van der Waals surface area contributed by atoms with Crippen LogP contribution in [0.25, 0.3) is 0 Å². The van der Waals surface area contributed by atoms with Gasteiger partial charge in [-0.3, -0.25) is 4.79 Å². The summed E-state index contributed by atoms with van der Waals surface area (Å²) in [6.07, 6.45) is 0.721. The number of methoxy groups -OCH3 is 1. The molecular formula is C11H9BrF2O3. The van der Waals surface area contributed by atoms with E-state index in [1.165, 1.54) is 7.11 Å². The highest BCUT2D eigenvalue weighted by Crippen LogP contribution is 2.53. The average molecular weight is 307 g/mol. The third kappa shape index (κ3) is 1.71. The van der Waals surface area contributed by atoms with Crippen LogP contribution in [0, 0.1) is 11.6 Å². The van der Waals surface area contributed by atoms with E-state index in [-0.39, 0.29) is 15.8 Å². The molecular weight excluding hydrogens is 298 g/mol. The van der Waals surface area contributed by atoms with Crippen molar-refractivity contribution in [2.75, 3.05) is 7.11 Å². The number of rotatable bonds is 3. The third-order valence-corrected chi connectivity index (χ3v) is 3.72. The lowest BCUT2D eigenvalue weighted by Crippen LogP contribution is -2.21. The van der Waals surface area contributed by atoms with Crippen molar-refractivity contribution >= 4 is 21.9 Å². The van der Waals surface area contributed by atoms with Crippen LogP contribution in [0.2, 0.25) is 0 Å². The minimum absolute atomic E-state index is 0.0608. The minimum atomic E-state index is -1.20. The fourth-order valence-electron chi connectivity index (χ4n) is 1.86. The number of carbonyl (C=O) groups is 1. The van der Waals surface area contributed by atoms with Crippen LogP contribution in [0.5, 0.6) is 5.75 Å². The summed E-state index contributed by atoms with van der Waals surface area (Å²) in [6.45, 7) is 0. The van der Waals surface area contributed by atoms with Crippen LogP contribution in [0.1, 0.15) is 18.4 Å². The smallest absolute Gasteiger partial charge is 0.314 e. The summed E-state index contributed by atoms with van der Waals surface area (Å²) in [5.41, 5.74) is -1.14. The second-order valence-electron chi connectivity index (χ2n) is 3.95. The summed E-state index contributed by atoms with van der Waals surface area (Å²) in [7, 11) is 1.23. The zero-order valence-electron chi connectivity index (χ0n) is 8.89. The van der Waals surface area contributed by atoms with Gasteiger partial charge in [0.05, 0.1) is 17.0 Å². The van der Waals surface area contributed by atoms with Crippen molar-refractivity contribution in [3.63, 3.8) is 0 Å². The maximum absolute atomic E-state index is 13.7. The Kier molecular flexibility index (Phi) is 2.85. The second kappa shape index (κ2) is 3.94. The molecule has 1 fully saturated rings. The Bertz CT molecular complexity index is 498. The summed E-state index contributed by atoms with van der Waals surface area (Å²) in [4.78, 5) is 11.1. The molecule has 1 aliphatic carbocycles. The number of halogens is 3. The van der Waals surface area contributed by atoms with E-state index < -0.39 is 23.0 Å². The van der Waals surface area contributed by atoms with E-state index in [1.54, 1.807) is 0 Å². The topological polar surface area (TPSA) is 46.5 Å². The molecule has 0 radical (unpaired) electrons. The molecule has 1 aromatic rings. The van der Waals surface area contributed by atoms with E-state index in [0.717, 1.165) is 6.07 Å². The summed E-state index contributed by atoms with van der Waals surface area (Å²) in [5, 5.41) is 9.12. The fraction of sp³-hybridized carbons (Fsp3) is 0.364. The van der Waals surface area contributed by atoms with Crippen LogP contribution in [0.3, 0.4) is 0 Å². The van der Waals surface area contributed by atoms with Crippen molar-refractivity contribution in [2.24, 2.45) is 0 Å². The van der Waals surface area contributed by atoms with Crippen molar-refractivity contribution in [1.29, 1.82) is 0 Å². The molecule has 1 aliphatic rings. The normalized spacial score (nSPS) is 16.7. The lowest BCUT2D eigenvalue weighted by Gasteiger charge is -2.16. The van der Waals surface area contributed by atoms with E-state index in [9.17, 15) is 13.6 Å². The van der Waals surface area contributed by atoms with Gasteiger partial charge in [0.15, 0.2) is 11.6 Å². The molecule has 1 N–H and O–H groups in total. The Morgan fingerprint density at radius 2 is 2.12 bits per heavy atom. The summed E-state index contributed by atoms with van der Waals surface area (Å²) in [6, 6.07) is 1.02.